The molecule has 0 saturated carbocycles. The van der Waals surface area contributed by atoms with E-state index in [9.17, 15) is 15.3 Å². The van der Waals surface area contributed by atoms with Crippen molar-refractivity contribution in [1.82, 2.24) is 4.90 Å². The van der Waals surface area contributed by atoms with Crippen LogP contribution in [0.5, 0.6) is 0 Å². The van der Waals surface area contributed by atoms with Crippen LogP contribution in [0.4, 0.5) is 0 Å². The van der Waals surface area contributed by atoms with Crippen molar-refractivity contribution >= 4 is 16.9 Å². The number of aliphatic imine (C=N–C) groups is 1. The molecule has 3 N–H and O–H groups in total. The van der Waals surface area contributed by atoms with Crippen molar-refractivity contribution in [2.75, 3.05) is 13.1 Å². The molecule has 18 heavy (non-hydrogen) atoms. The van der Waals surface area contributed by atoms with Crippen molar-refractivity contribution < 1.29 is 20.1 Å². The van der Waals surface area contributed by atoms with Gasteiger partial charge in [0.2, 0.25) is 0 Å². The lowest BCUT2D eigenvalue weighted by atomic mass is 9.95. The first-order valence-corrected chi connectivity index (χ1v) is 7.15. The molecule has 3 aliphatic heterocycles. The summed E-state index contributed by atoms with van der Waals surface area (Å²) in [6.45, 7) is 3.53. The molecule has 3 rings (SSSR count). The molecule has 0 aromatic rings. The van der Waals surface area contributed by atoms with Gasteiger partial charge in [0, 0.05) is 13.1 Å². The monoisotopic (exact) mass is 274 g/mol. The topological polar surface area (TPSA) is 85.5 Å². The molecular weight excluding hydrogens is 256 g/mol. The molecule has 2 saturated heterocycles. The van der Waals surface area contributed by atoms with Gasteiger partial charge < -0.3 is 25.0 Å². The van der Waals surface area contributed by atoms with Crippen molar-refractivity contribution in [1.29, 1.82) is 0 Å². The largest absolute Gasteiger partial charge is 0.391 e. The number of rotatable bonds is 1. The molecule has 2 fully saturated rings. The van der Waals surface area contributed by atoms with Gasteiger partial charge in [-0.2, -0.15) is 0 Å². The number of ether oxygens (including phenoxy) is 1. The lowest BCUT2D eigenvalue weighted by Crippen LogP contribution is -2.57. The van der Waals surface area contributed by atoms with E-state index in [2.05, 4.69) is 9.89 Å². The molecule has 3 heterocycles. The second-order valence-corrected chi connectivity index (χ2v) is 6.12. The third-order valence-corrected chi connectivity index (χ3v) is 4.89. The molecule has 0 bridgehead atoms. The Morgan fingerprint density at radius 2 is 2.11 bits per heavy atom. The van der Waals surface area contributed by atoms with E-state index in [0.29, 0.717) is 0 Å². The minimum absolute atomic E-state index is 0.307. The third-order valence-electron chi connectivity index (χ3n) is 3.69. The fourth-order valence-electron chi connectivity index (χ4n) is 2.43. The van der Waals surface area contributed by atoms with E-state index >= 15 is 0 Å². The SMILES string of the molecule is CC(O)C1OC2SC(N3CCC3)=NC2C(O)C1O. The van der Waals surface area contributed by atoms with Gasteiger partial charge in [-0.25, -0.2) is 0 Å². The molecule has 6 nitrogen and oxygen atoms in total. The van der Waals surface area contributed by atoms with Gasteiger partial charge >= 0.3 is 0 Å². The molecule has 0 aromatic carbocycles. The molecule has 102 valence electrons. The first kappa shape index (κ1) is 12.7. The number of aliphatic hydroxyl groups excluding tert-OH is 3. The molecule has 0 spiro atoms. The zero-order chi connectivity index (χ0) is 12.9. The highest BCUT2D eigenvalue weighted by Crippen LogP contribution is 2.38. The maximum atomic E-state index is 10.1. The van der Waals surface area contributed by atoms with Crippen molar-refractivity contribution in [2.24, 2.45) is 4.99 Å². The van der Waals surface area contributed by atoms with Gasteiger partial charge in [-0.15, -0.1) is 0 Å². The second kappa shape index (κ2) is 4.64. The van der Waals surface area contributed by atoms with Gasteiger partial charge in [0.05, 0.1) is 6.10 Å². The lowest BCUT2D eigenvalue weighted by Gasteiger charge is -2.39. The standard InChI is InChI=1S/C11H18N2O4S/c1-5(14)9-8(16)7(15)6-10(17-9)18-11(12-6)13-3-2-4-13/h5-10,14-16H,2-4H2,1H3. The Morgan fingerprint density at radius 1 is 1.39 bits per heavy atom. The van der Waals surface area contributed by atoms with E-state index in [0.717, 1.165) is 24.7 Å². The molecule has 6 atom stereocenters. The first-order chi connectivity index (χ1) is 8.58. The van der Waals surface area contributed by atoms with E-state index in [4.69, 9.17) is 4.74 Å². The minimum Gasteiger partial charge on any atom is -0.391 e. The summed E-state index contributed by atoms with van der Waals surface area (Å²) in [5.41, 5.74) is -0.307. The van der Waals surface area contributed by atoms with Crippen LogP contribution in [0.15, 0.2) is 4.99 Å². The van der Waals surface area contributed by atoms with Gasteiger partial charge in [-0.05, 0) is 13.3 Å². The number of likely N-dealkylation sites (tertiary alicyclic amines) is 1. The Balaban J connectivity index is 1.75. The molecule has 7 heteroatoms. The van der Waals surface area contributed by atoms with Crippen LogP contribution in [0.3, 0.4) is 0 Å². The van der Waals surface area contributed by atoms with Gasteiger partial charge in [0.1, 0.15) is 29.8 Å². The number of thioether (sulfide) groups is 1. The van der Waals surface area contributed by atoms with Crippen LogP contribution >= 0.6 is 11.8 Å². The summed E-state index contributed by atoms with van der Waals surface area (Å²) in [4.78, 5) is 6.59. The number of aliphatic hydroxyl groups is 3. The highest BCUT2D eigenvalue weighted by molar-refractivity contribution is 8.14. The fraction of sp³-hybridized carbons (Fsp3) is 0.909. The molecule has 0 aliphatic carbocycles. The Labute approximate surface area is 110 Å². The van der Waals surface area contributed by atoms with Crippen LogP contribution in [0.2, 0.25) is 0 Å². The van der Waals surface area contributed by atoms with Crippen molar-refractivity contribution in [3.05, 3.63) is 0 Å². The first-order valence-electron chi connectivity index (χ1n) is 6.27. The van der Waals surface area contributed by atoms with Crippen molar-refractivity contribution in [3.63, 3.8) is 0 Å². The van der Waals surface area contributed by atoms with Gasteiger partial charge in [-0.3, -0.25) is 4.99 Å². The molecule has 0 amide bonds. The smallest absolute Gasteiger partial charge is 0.162 e. The Kier molecular flexibility index (Phi) is 3.27. The van der Waals surface area contributed by atoms with Gasteiger partial charge in [0.25, 0.3) is 0 Å². The summed E-state index contributed by atoms with van der Waals surface area (Å²) in [5, 5.41) is 30.4. The lowest BCUT2D eigenvalue weighted by molar-refractivity contribution is -0.181. The van der Waals surface area contributed by atoms with E-state index in [1.54, 1.807) is 6.92 Å². The van der Waals surface area contributed by atoms with E-state index in [1.807, 2.05) is 0 Å². The second-order valence-electron chi connectivity index (χ2n) is 5.05. The molecule has 3 aliphatic rings. The summed E-state index contributed by atoms with van der Waals surface area (Å²) < 4.78 is 5.67. The number of amidine groups is 1. The molecule has 6 unspecified atom stereocenters. The minimum atomic E-state index is -1.09. The highest BCUT2D eigenvalue weighted by atomic mass is 32.2. The predicted octanol–water partition coefficient (Wildman–Crippen LogP) is -1.01. The predicted molar refractivity (Wildman–Crippen MR) is 67.4 cm³/mol. The fourth-order valence-corrected chi connectivity index (χ4v) is 3.70. The van der Waals surface area contributed by atoms with Gasteiger partial charge in [-0.1, -0.05) is 11.8 Å². The molecule has 0 radical (unpaired) electrons. The number of hydrogen-bond acceptors (Lipinski definition) is 7. The molecule has 0 aromatic heterocycles. The van der Waals surface area contributed by atoms with Crippen LogP contribution in [0, 0.1) is 0 Å². The van der Waals surface area contributed by atoms with Crippen molar-refractivity contribution in [3.8, 4) is 0 Å². The summed E-state index contributed by atoms with van der Waals surface area (Å²) >= 11 is 1.48. The van der Waals surface area contributed by atoms with Gasteiger partial charge in [0.15, 0.2) is 5.17 Å². The summed E-state index contributed by atoms with van der Waals surface area (Å²) in [5.74, 6) is 0. The zero-order valence-corrected chi connectivity index (χ0v) is 11.0. The Hall–Kier alpha value is -0.340. The average molecular weight is 274 g/mol. The van der Waals surface area contributed by atoms with Crippen molar-refractivity contribution in [2.45, 2.75) is 49.2 Å². The van der Waals surface area contributed by atoms with Crippen LogP contribution < -0.4 is 0 Å². The highest BCUT2D eigenvalue weighted by Gasteiger charge is 2.50. The van der Waals surface area contributed by atoms with Crippen LogP contribution in [0.25, 0.3) is 0 Å². The molecular formula is C11H18N2O4S. The van der Waals surface area contributed by atoms with E-state index in [-0.39, 0.29) is 5.44 Å². The summed E-state index contributed by atoms with van der Waals surface area (Å²) in [6, 6.07) is -0.435. The number of nitrogens with zero attached hydrogens (tertiary/aromatic N) is 2. The van der Waals surface area contributed by atoms with Crippen LogP contribution in [0.1, 0.15) is 13.3 Å². The maximum Gasteiger partial charge on any atom is 0.162 e. The maximum absolute atomic E-state index is 10.1. The quantitative estimate of drug-likeness (QED) is 0.568. The third kappa shape index (κ3) is 1.94. The summed E-state index contributed by atoms with van der Waals surface area (Å²) in [6.07, 6.45) is -2.47. The number of hydrogen-bond donors (Lipinski definition) is 3. The van der Waals surface area contributed by atoms with E-state index in [1.165, 1.54) is 11.8 Å². The normalized spacial score (nSPS) is 45.2. The summed E-state index contributed by atoms with van der Waals surface area (Å²) in [7, 11) is 0. The number of fused-ring (bicyclic) bond motifs is 1. The zero-order valence-electron chi connectivity index (χ0n) is 10.1. The van der Waals surface area contributed by atoms with E-state index < -0.39 is 30.5 Å². The Bertz CT molecular complexity index is 361. The average Bonchev–Trinajstić information content (AvgIpc) is 2.64. The van der Waals surface area contributed by atoms with Crippen LogP contribution in [-0.4, -0.2) is 74.4 Å². The Morgan fingerprint density at radius 3 is 2.67 bits per heavy atom. The van der Waals surface area contributed by atoms with Crippen LogP contribution in [-0.2, 0) is 4.74 Å².